The number of hydrogen-bond donors (Lipinski definition) is 1. The lowest BCUT2D eigenvalue weighted by Crippen LogP contribution is -2.46. The third-order valence-corrected chi connectivity index (χ3v) is 4.99. The van der Waals surface area contributed by atoms with Crippen LogP contribution in [0.3, 0.4) is 0 Å². The molecule has 1 N–H and O–H groups in total. The average Bonchev–Trinajstić information content (AvgIpc) is 3.22. The SMILES string of the molecule is COc1ccc(/C=C/C(=O)NC(C)C(=O)N2CCCC2c2ccccc2)cc1. The highest BCUT2D eigenvalue weighted by atomic mass is 16.5. The van der Waals surface area contributed by atoms with Gasteiger partial charge in [-0.15, -0.1) is 0 Å². The number of carbonyl (C=O) groups is 2. The Hall–Kier alpha value is -3.08. The Morgan fingerprint density at radius 3 is 2.54 bits per heavy atom. The van der Waals surface area contributed by atoms with Crippen molar-refractivity contribution in [3.8, 4) is 5.75 Å². The lowest BCUT2D eigenvalue weighted by Gasteiger charge is -2.28. The fourth-order valence-electron chi connectivity index (χ4n) is 3.51. The van der Waals surface area contributed by atoms with Crippen molar-refractivity contribution < 1.29 is 14.3 Å². The van der Waals surface area contributed by atoms with Gasteiger partial charge in [-0.1, -0.05) is 42.5 Å². The third kappa shape index (κ3) is 4.80. The second kappa shape index (κ2) is 9.22. The minimum absolute atomic E-state index is 0.0439. The summed E-state index contributed by atoms with van der Waals surface area (Å²) in [5.74, 6) is 0.434. The zero-order chi connectivity index (χ0) is 19.9. The minimum Gasteiger partial charge on any atom is -0.497 e. The quantitative estimate of drug-likeness (QED) is 0.782. The standard InChI is InChI=1S/C23H26N2O3/c1-17(24-22(26)15-12-18-10-13-20(28-2)14-11-18)23(27)25-16-6-9-21(25)19-7-4-3-5-8-19/h3-5,7-8,10-15,17,21H,6,9,16H2,1-2H3,(H,24,26)/b15-12+. The van der Waals surface area contributed by atoms with Gasteiger partial charge in [0.15, 0.2) is 0 Å². The zero-order valence-electron chi connectivity index (χ0n) is 16.3. The maximum atomic E-state index is 12.9. The molecule has 5 heteroatoms. The summed E-state index contributed by atoms with van der Waals surface area (Å²) >= 11 is 0. The molecule has 0 aliphatic carbocycles. The van der Waals surface area contributed by atoms with Gasteiger partial charge in [0.2, 0.25) is 11.8 Å². The molecule has 2 aromatic rings. The van der Waals surface area contributed by atoms with Crippen LogP contribution < -0.4 is 10.1 Å². The molecular formula is C23H26N2O3. The number of methoxy groups -OCH3 is 1. The smallest absolute Gasteiger partial charge is 0.245 e. The molecule has 1 saturated heterocycles. The summed E-state index contributed by atoms with van der Waals surface area (Å²) in [5.41, 5.74) is 2.03. The van der Waals surface area contributed by atoms with Crippen LogP contribution in [-0.2, 0) is 9.59 Å². The molecule has 146 valence electrons. The van der Waals surface area contributed by atoms with E-state index in [0.717, 1.165) is 36.3 Å². The molecule has 28 heavy (non-hydrogen) atoms. The second-order valence-corrected chi connectivity index (χ2v) is 6.94. The average molecular weight is 378 g/mol. The van der Waals surface area contributed by atoms with Crippen LogP contribution in [0.1, 0.15) is 36.9 Å². The largest absolute Gasteiger partial charge is 0.497 e. The zero-order valence-corrected chi connectivity index (χ0v) is 16.3. The Balaban J connectivity index is 1.58. The number of likely N-dealkylation sites (tertiary alicyclic amines) is 1. The van der Waals surface area contributed by atoms with E-state index in [1.165, 1.54) is 6.08 Å². The highest BCUT2D eigenvalue weighted by molar-refractivity contribution is 5.95. The molecule has 0 radical (unpaired) electrons. The van der Waals surface area contributed by atoms with Crippen molar-refractivity contribution in [2.75, 3.05) is 13.7 Å². The number of rotatable bonds is 6. The predicted molar refractivity (Wildman–Crippen MR) is 110 cm³/mol. The number of amides is 2. The summed E-state index contributed by atoms with van der Waals surface area (Å²) < 4.78 is 5.12. The normalized spacial score (nSPS) is 17.5. The minimum atomic E-state index is -0.572. The lowest BCUT2D eigenvalue weighted by atomic mass is 10.0. The molecule has 0 spiro atoms. The van der Waals surface area contributed by atoms with Crippen LogP contribution in [0.4, 0.5) is 0 Å². The summed E-state index contributed by atoms with van der Waals surface area (Å²) in [6.45, 7) is 2.46. The van der Waals surface area contributed by atoms with E-state index in [0.29, 0.717) is 0 Å². The van der Waals surface area contributed by atoms with Crippen molar-refractivity contribution in [3.05, 3.63) is 71.8 Å². The van der Waals surface area contributed by atoms with Gasteiger partial charge in [0.05, 0.1) is 13.2 Å². The van der Waals surface area contributed by atoms with Gasteiger partial charge in [0.25, 0.3) is 0 Å². The predicted octanol–water partition coefficient (Wildman–Crippen LogP) is 3.58. The number of nitrogens with zero attached hydrogens (tertiary/aromatic N) is 1. The first-order valence-electron chi connectivity index (χ1n) is 9.56. The molecule has 0 aromatic heterocycles. The van der Waals surface area contributed by atoms with E-state index in [1.807, 2.05) is 47.4 Å². The topological polar surface area (TPSA) is 58.6 Å². The van der Waals surface area contributed by atoms with E-state index in [1.54, 1.807) is 20.1 Å². The number of nitrogens with one attached hydrogen (secondary N) is 1. The van der Waals surface area contributed by atoms with Crippen LogP contribution in [-0.4, -0.2) is 36.4 Å². The molecular weight excluding hydrogens is 352 g/mol. The Morgan fingerprint density at radius 2 is 1.86 bits per heavy atom. The van der Waals surface area contributed by atoms with E-state index in [-0.39, 0.29) is 17.9 Å². The number of hydrogen-bond acceptors (Lipinski definition) is 3. The Kier molecular flexibility index (Phi) is 6.48. The number of carbonyl (C=O) groups excluding carboxylic acids is 2. The molecule has 2 atom stereocenters. The monoisotopic (exact) mass is 378 g/mol. The fourth-order valence-corrected chi connectivity index (χ4v) is 3.51. The first-order chi connectivity index (χ1) is 13.6. The molecule has 0 bridgehead atoms. The molecule has 5 nitrogen and oxygen atoms in total. The van der Waals surface area contributed by atoms with Gasteiger partial charge in [-0.05, 0) is 49.1 Å². The molecule has 2 aromatic carbocycles. The molecule has 1 heterocycles. The summed E-state index contributed by atoms with van der Waals surface area (Å²) in [6.07, 6.45) is 5.09. The molecule has 1 fully saturated rings. The van der Waals surface area contributed by atoms with E-state index in [2.05, 4.69) is 17.4 Å². The molecule has 2 amide bonds. The third-order valence-electron chi connectivity index (χ3n) is 4.99. The van der Waals surface area contributed by atoms with Gasteiger partial charge in [0.1, 0.15) is 11.8 Å². The summed E-state index contributed by atoms with van der Waals surface area (Å²) in [4.78, 5) is 27.0. The maximum Gasteiger partial charge on any atom is 0.245 e. The van der Waals surface area contributed by atoms with E-state index >= 15 is 0 Å². The van der Waals surface area contributed by atoms with Crippen LogP contribution in [0.25, 0.3) is 6.08 Å². The van der Waals surface area contributed by atoms with Gasteiger partial charge in [-0.3, -0.25) is 9.59 Å². The molecule has 0 saturated carbocycles. The lowest BCUT2D eigenvalue weighted by molar-refractivity contribution is -0.136. The maximum absolute atomic E-state index is 12.9. The molecule has 3 rings (SSSR count). The first-order valence-corrected chi connectivity index (χ1v) is 9.56. The van der Waals surface area contributed by atoms with E-state index < -0.39 is 6.04 Å². The Labute approximate surface area is 166 Å². The van der Waals surface area contributed by atoms with Crippen LogP contribution in [0, 0.1) is 0 Å². The fraction of sp³-hybridized carbons (Fsp3) is 0.304. The van der Waals surface area contributed by atoms with Crippen molar-refractivity contribution in [2.24, 2.45) is 0 Å². The van der Waals surface area contributed by atoms with E-state index in [4.69, 9.17) is 4.74 Å². The molecule has 1 aliphatic heterocycles. The van der Waals surface area contributed by atoms with Crippen LogP contribution in [0.15, 0.2) is 60.7 Å². The Bertz CT molecular complexity index is 831. The number of benzene rings is 2. The summed E-state index contributed by atoms with van der Waals surface area (Å²) in [5, 5.41) is 2.78. The second-order valence-electron chi connectivity index (χ2n) is 6.94. The van der Waals surface area contributed by atoms with Crippen molar-refractivity contribution in [1.29, 1.82) is 0 Å². The van der Waals surface area contributed by atoms with Crippen molar-refractivity contribution in [1.82, 2.24) is 10.2 Å². The molecule has 2 unspecified atom stereocenters. The van der Waals surface area contributed by atoms with Crippen molar-refractivity contribution in [3.63, 3.8) is 0 Å². The van der Waals surface area contributed by atoms with Crippen molar-refractivity contribution >= 4 is 17.9 Å². The van der Waals surface area contributed by atoms with Gasteiger partial charge < -0.3 is 15.0 Å². The van der Waals surface area contributed by atoms with Crippen LogP contribution >= 0.6 is 0 Å². The Morgan fingerprint density at radius 1 is 1.14 bits per heavy atom. The highest BCUT2D eigenvalue weighted by Crippen LogP contribution is 2.32. The molecule has 1 aliphatic rings. The van der Waals surface area contributed by atoms with Gasteiger partial charge in [-0.2, -0.15) is 0 Å². The van der Waals surface area contributed by atoms with Crippen molar-refractivity contribution in [2.45, 2.75) is 31.8 Å². The summed E-state index contributed by atoms with van der Waals surface area (Å²) in [6, 6.07) is 17.0. The summed E-state index contributed by atoms with van der Waals surface area (Å²) in [7, 11) is 1.61. The van der Waals surface area contributed by atoms with Crippen LogP contribution in [0.2, 0.25) is 0 Å². The number of ether oxygens (including phenoxy) is 1. The van der Waals surface area contributed by atoms with Gasteiger partial charge in [0, 0.05) is 12.6 Å². The van der Waals surface area contributed by atoms with Crippen LogP contribution in [0.5, 0.6) is 5.75 Å². The first kappa shape index (κ1) is 19.7. The van der Waals surface area contributed by atoms with E-state index in [9.17, 15) is 9.59 Å². The highest BCUT2D eigenvalue weighted by Gasteiger charge is 2.32. The van der Waals surface area contributed by atoms with Gasteiger partial charge in [-0.25, -0.2) is 0 Å². The van der Waals surface area contributed by atoms with Gasteiger partial charge >= 0.3 is 0 Å².